The second-order valence-corrected chi connectivity index (χ2v) is 7.02. The molecule has 0 saturated carbocycles. The number of hydrogen-bond donors (Lipinski definition) is 1. The summed E-state index contributed by atoms with van der Waals surface area (Å²) in [4.78, 5) is 1.43. The van der Waals surface area contributed by atoms with Gasteiger partial charge >= 0.3 is 0 Å². The quantitative estimate of drug-likeness (QED) is 0.450. The Morgan fingerprint density at radius 1 is 1.00 bits per heavy atom. The van der Waals surface area contributed by atoms with Gasteiger partial charge in [-0.2, -0.15) is 0 Å². The summed E-state index contributed by atoms with van der Waals surface area (Å²) in [5, 5.41) is 6.05. The Morgan fingerprint density at radius 2 is 1.70 bits per heavy atom. The van der Waals surface area contributed by atoms with Gasteiger partial charge in [0.1, 0.15) is 0 Å². The topological polar surface area (TPSA) is 12.0 Å². The van der Waals surface area contributed by atoms with E-state index >= 15 is 0 Å². The van der Waals surface area contributed by atoms with Crippen molar-refractivity contribution in [3.8, 4) is 0 Å². The largest absolute Gasteiger partial charge is 0.310 e. The fourth-order valence-corrected chi connectivity index (χ4v) is 3.42. The Labute approximate surface area is 130 Å². The van der Waals surface area contributed by atoms with Crippen molar-refractivity contribution >= 4 is 11.3 Å². The van der Waals surface area contributed by atoms with E-state index in [1.165, 1.54) is 68.2 Å². The smallest absolute Gasteiger partial charge is 0.0328 e. The normalized spacial score (nSPS) is 12.8. The van der Waals surface area contributed by atoms with Crippen molar-refractivity contribution in [2.75, 3.05) is 6.54 Å². The molecular formula is C18H33NS. The first kappa shape index (κ1) is 17.7. The van der Waals surface area contributed by atoms with Crippen molar-refractivity contribution in [1.29, 1.82) is 0 Å². The minimum atomic E-state index is 0.579. The molecule has 0 bridgehead atoms. The van der Waals surface area contributed by atoms with E-state index in [0.717, 1.165) is 6.54 Å². The van der Waals surface area contributed by atoms with Crippen LogP contribution in [0, 0.1) is 6.92 Å². The summed E-state index contributed by atoms with van der Waals surface area (Å²) < 4.78 is 0. The number of thiophene rings is 1. The molecule has 1 rings (SSSR count). The Balaban J connectivity index is 2.23. The first-order valence-electron chi connectivity index (χ1n) is 8.56. The van der Waals surface area contributed by atoms with Crippen LogP contribution in [0.5, 0.6) is 0 Å². The highest BCUT2D eigenvalue weighted by Crippen LogP contribution is 2.25. The zero-order valence-corrected chi connectivity index (χ0v) is 14.5. The fourth-order valence-electron chi connectivity index (χ4n) is 2.66. The molecule has 0 amide bonds. The molecule has 0 radical (unpaired) electrons. The Morgan fingerprint density at radius 3 is 2.30 bits per heavy atom. The Hall–Kier alpha value is -0.340. The number of aryl methyl sites for hydroxylation is 1. The van der Waals surface area contributed by atoms with Crippen molar-refractivity contribution in [3.63, 3.8) is 0 Å². The summed E-state index contributed by atoms with van der Waals surface area (Å²) in [6.07, 6.45) is 12.3. The van der Waals surface area contributed by atoms with Gasteiger partial charge in [0.2, 0.25) is 0 Å². The lowest BCUT2D eigenvalue weighted by atomic mass is 10.0. The van der Waals surface area contributed by atoms with Gasteiger partial charge in [0.15, 0.2) is 0 Å². The molecule has 0 fully saturated rings. The SMILES string of the molecule is CCCCCCCCCC(NCCC)c1csc(C)c1. The summed E-state index contributed by atoms with van der Waals surface area (Å²) in [5.41, 5.74) is 1.51. The number of rotatable bonds is 12. The van der Waals surface area contributed by atoms with E-state index in [4.69, 9.17) is 0 Å². The molecule has 1 unspecified atom stereocenters. The van der Waals surface area contributed by atoms with Gasteiger partial charge in [-0.1, -0.05) is 58.8 Å². The second-order valence-electron chi connectivity index (χ2n) is 5.91. The molecule has 0 aliphatic rings. The first-order valence-corrected chi connectivity index (χ1v) is 9.44. The van der Waals surface area contributed by atoms with Crippen molar-refractivity contribution < 1.29 is 0 Å². The van der Waals surface area contributed by atoms with Crippen LogP contribution in [0.3, 0.4) is 0 Å². The lowest BCUT2D eigenvalue weighted by Crippen LogP contribution is -2.21. The highest BCUT2D eigenvalue weighted by atomic mass is 32.1. The van der Waals surface area contributed by atoms with Gasteiger partial charge in [0, 0.05) is 10.9 Å². The van der Waals surface area contributed by atoms with Crippen LogP contribution in [-0.4, -0.2) is 6.54 Å². The van der Waals surface area contributed by atoms with Gasteiger partial charge in [-0.3, -0.25) is 0 Å². The van der Waals surface area contributed by atoms with Gasteiger partial charge in [0.05, 0.1) is 0 Å². The number of unbranched alkanes of at least 4 members (excludes halogenated alkanes) is 6. The minimum Gasteiger partial charge on any atom is -0.310 e. The summed E-state index contributed by atoms with van der Waals surface area (Å²) in [6, 6.07) is 2.94. The lowest BCUT2D eigenvalue weighted by molar-refractivity contribution is 0.466. The van der Waals surface area contributed by atoms with Crippen molar-refractivity contribution in [3.05, 3.63) is 21.9 Å². The third kappa shape index (κ3) is 7.44. The molecule has 116 valence electrons. The van der Waals surface area contributed by atoms with Gasteiger partial charge in [0.25, 0.3) is 0 Å². The van der Waals surface area contributed by atoms with E-state index in [2.05, 4.69) is 37.5 Å². The van der Waals surface area contributed by atoms with Crippen LogP contribution in [0.25, 0.3) is 0 Å². The highest BCUT2D eigenvalue weighted by Gasteiger charge is 2.11. The van der Waals surface area contributed by atoms with Crippen molar-refractivity contribution in [2.24, 2.45) is 0 Å². The molecule has 1 heterocycles. The summed E-state index contributed by atoms with van der Waals surface area (Å²) in [6.45, 7) is 7.87. The van der Waals surface area contributed by atoms with Crippen LogP contribution in [0.1, 0.15) is 88.1 Å². The van der Waals surface area contributed by atoms with Crippen LogP contribution < -0.4 is 5.32 Å². The Bertz CT molecular complexity index is 332. The highest BCUT2D eigenvalue weighted by molar-refractivity contribution is 7.10. The molecule has 1 aromatic heterocycles. The van der Waals surface area contributed by atoms with Crippen LogP contribution in [0.2, 0.25) is 0 Å². The van der Waals surface area contributed by atoms with Crippen LogP contribution in [0.4, 0.5) is 0 Å². The van der Waals surface area contributed by atoms with Crippen LogP contribution in [-0.2, 0) is 0 Å². The third-order valence-corrected chi connectivity index (χ3v) is 4.77. The van der Waals surface area contributed by atoms with E-state index in [1.807, 2.05) is 11.3 Å². The minimum absolute atomic E-state index is 0.579. The molecule has 1 nitrogen and oxygen atoms in total. The molecule has 1 atom stereocenters. The predicted octanol–water partition coefficient (Wildman–Crippen LogP) is 6.24. The fraction of sp³-hybridized carbons (Fsp3) is 0.778. The summed E-state index contributed by atoms with van der Waals surface area (Å²) >= 11 is 1.88. The molecule has 2 heteroatoms. The molecule has 1 aromatic rings. The Kier molecular flexibility index (Phi) is 10.0. The van der Waals surface area contributed by atoms with E-state index < -0.39 is 0 Å². The molecule has 0 aliphatic heterocycles. The molecule has 0 spiro atoms. The maximum absolute atomic E-state index is 3.72. The standard InChI is InChI=1S/C18H33NS/c1-4-6-7-8-9-10-11-12-18(19-13-5-2)17-14-16(3)20-15-17/h14-15,18-19H,4-13H2,1-3H3. The zero-order chi connectivity index (χ0) is 14.6. The van der Waals surface area contributed by atoms with E-state index in [9.17, 15) is 0 Å². The molecule has 0 aliphatic carbocycles. The van der Waals surface area contributed by atoms with Gasteiger partial charge in [-0.25, -0.2) is 0 Å². The van der Waals surface area contributed by atoms with E-state index in [0.29, 0.717) is 6.04 Å². The lowest BCUT2D eigenvalue weighted by Gasteiger charge is -2.17. The molecule has 20 heavy (non-hydrogen) atoms. The van der Waals surface area contributed by atoms with Gasteiger partial charge in [-0.15, -0.1) is 11.3 Å². The van der Waals surface area contributed by atoms with Crippen LogP contribution >= 0.6 is 11.3 Å². The maximum atomic E-state index is 3.72. The van der Waals surface area contributed by atoms with Crippen molar-refractivity contribution in [2.45, 2.75) is 84.6 Å². The summed E-state index contributed by atoms with van der Waals surface area (Å²) in [7, 11) is 0. The molecular weight excluding hydrogens is 262 g/mol. The molecule has 0 aromatic carbocycles. The van der Waals surface area contributed by atoms with E-state index in [1.54, 1.807) is 0 Å². The predicted molar refractivity (Wildman–Crippen MR) is 92.7 cm³/mol. The average molecular weight is 296 g/mol. The van der Waals surface area contributed by atoms with Gasteiger partial charge in [-0.05, 0) is 43.3 Å². The average Bonchev–Trinajstić information content (AvgIpc) is 2.87. The number of nitrogens with one attached hydrogen (secondary N) is 1. The molecule has 0 saturated heterocycles. The number of hydrogen-bond acceptors (Lipinski definition) is 2. The summed E-state index contributed by atoms with van der Waals surface area (Å²) in [5.74, 6) is 0. The van der Waals surface area contributed by atoms with Crippen molar-refractivity contribution in [1.82, 2.24) is 5.32 Å². The van der Waals surface area contributed by atoms with E-state index in [-0.39, 0.29) is 0 Å². The second kappa shape index (κ2) is 11.3. The molecule has 1 N–H and O–H groups in total. The zero-order valence-electron chi connectivity index (χ0n) is 13.7. The first-order chi connectivity index (χ1) is 9.77. The monoisotopic (exact) mass is 295 g/mol. The van der Waals surface area contributed by atoms with Crippen LogP contribution in [0.15, 0.2) is 11.4 Å². The third-order valence-electron chi connectivity index (χ3n) is 3.89. The maximum Gasteiger partial charge on any atom is 0.0328 e. The van der Waals surface area contributed by atoms with Gasteiger partial charge < -0.3 is 5.32 Å².